The van der Waals surface area contributed by atoms with E-state index in [0.29, 0.717) is 42.6 Å². The number of fused-ring (bicyclic) bond motifs is 1. The second-order valence-corrected chi connectivity index (χ2v) is 8.35. The van der Waals surface area contributed by atoms with Crippen LogP contribution in [0.15, 0.2) is 40.9 Å². The summed E-state index contributed by atoms with van der Waals surface area (Å²) in [6.07, 6.45) is 4.03. The Morgan fingerprint density at radius 1 is 1.28 bits per heavy atom. The second-order valence-electron chi connectivity index (χ2n) is 8.35. The molecular weight excluding hydrogens is 414 g/mol. The van der Waals surface area contributed by atoms with E-state index >= 15 is 0 Å². The van der Waals surface area contributed by atoms with Gasteiger partial charge in [0.15, 0.2) is 17.3 Å². The minimum Gasteiger partial charge on any atom is -0.493 e. The number of methoxy groups -OCH3 is 2. The maximum Gasteiger partial charge on any atom is 0.235 e. The lowest BCUT2D eigenvalue weighted by atomic mass is 9.77. The number of carbonyl (C=O) groups excluding carboxylic acids is 2. The van der Waals surface area contributed by atoms with Crippen molar-refractivity contribution in [3.63, 3.8) is 0 Å². The van der Waals surface area contributed by atoms with E-state index in [4.69, 9.17) is 18.7 Å². The maximum absolute atomic E-state index is 13.2. The number of ether oxygens (including phenoxy) is 3. The fraction of sp³-hybridized carbons (Fsp3) is 0.435. The van der Waals surface area contributed by atoms with Crippen molar-refractivity contribution >= 4 is 17.6 Å². The van der Waals surface area contributed by atoms with Crippen LogP contribution in [0.2, 0.25) is 0 Å². The Morgan fingerprint density at radius 2 is 2.09 bits per heavy atom. The first-order valence-corrected chi connectivity index (χ1v) is 10.6. The van der Waals surface area contributed by atoms with Gasteiger partial charge < -0.3 is 24.1 Å². The van der Waals surface area contributed by atoms with Gasteiger partial charge in [0.2, 0.25) is 11.8 Å². The number of aromatic nitrogens is 1. The molecule has 2 bridgehead atoms. The van der Waals surface area contributed by atoms with Crippen LogP contribution in [0, 0.1) is 18.8 Å². The van der Waals surface area contributed by atoms with Crippen molar-refractivity contribution in [2.45, 2.75) is 25.0 Å². The molecule has 3 aliphatic rings. The van der Waals surface area contributed by atoms with Crippen molar-refractivity contribution in [3.05, 3.63) is 47.7 Å². The van der Waals surface area contributed by atoms with Crippen LogP contribution in [0.1, 0.15) is 11.3 Å². The van der Waals surface area contributed by atoms with Gasteiger partial charge in [-0.2, -0.15) is 0 Å². The van der Waals surface area contributed by atoms with Crippen molar-refractivity contribution in [3.8, 4) is 11.5 Å². The highest BCUT2D eigenvalue weighted by atomic mass is 16.5. The van der Waals surface area contributed by atoms with Gasteiger partial charge in [-0.3, -0.25) is 14.5 Å². The van der Waals surface area contributed by atoms with Gasteiger partial charge in [-0.1, -0.05) is 23.4 Å². The van der Waals surface area contributed by atoms with Gasteiger partial charge in [-0.15, -0.1) is 0 Å². The molecule has 1 aromatic heterocycles. The molecule has 4 heterocycles. The molecule has 3 aliphatic heterocycles. The highest BCUT2D eigenvalue weighted by molar-refractivity contribution is 6.02. The summed E-state index contributed by atoms with van der Waals surface area (Å²) in [5.41, 5.74) is 0.216. The van der Waals surface area contributed by atoms with E-state index in [-0.39, 0.29) is 11.8 Å². The van der Waals surface area contributed by atoms with Gasteiger partial charge in [-0.05, 0) is 31.0 Å². The van der Waals surface area contributed by atoms with Crippen LogP contribution in [0.4, 0.5) is 5.82 Å². The summed E-state index contributed by atoms with van der Waals surface area (Å²) < 4.78 is 21.9. The van der Waals surface area contributed by atoms with Gasteiger partial charge in [0, 0.05) is 12.6 Å². The van der Waals surface area contributed by atoms with Crippen molar-refractivity contribution in [2.24, 2.45) is 11.8 Å². The molecule has 32 heavy (non-hydrogen) atoms. The standard InChI is InChI=1S/C23H25N3O6/c1-13-10-18(25-32-13)26-12-23-8-6-16(31-23)19(20(23)22(26)28)21(27)24-9-7-14-4-5-15(29-2)17(11-14)30-3/h4-6,8,10-11,16,19-20H,7,9,12H2,1-3H3,(H,24,27)/t16-,19-,20+,23-/m0/s1. The monoisotopic (exact) mass is 439 g/mol. The summed E-state index contributed by atoms with van der Waals surface area (Å²) in [7, 11) is 3.18. The topological polar surface area (TPSA) is 103 Å². The van der Waals surface area contributed by atoms with Gasteiger partial charge in [0.25, 0.3) is 0 Å². The van der Waals surface area contributed by atoms with E-state index in [9.17, 15) is 9.59 Å². The van der Waals surface area contributed by atoms with E-state index in [0.717, 1.165) is 5.56 Å². The molecule has 5 rings (SSSR count). The number of benzene rings is 1. The summed E-state index contributed by atoms with van der Waals surface area (Å²) in [6, 6.07) is 7.38. The number of amides is 2. The molecule has 2 saturated heterocycles. The lowest BCUT2D eigenvalue weighted by molar-refractivity contribution is -0.131. The van der Waals surface area contributed by atoms with E-state index in [1.54, 1.807) is 32.1 Å². The first kappa shape index (κ1) is 20.6. The van der Waals surface area contributed by atoms with Gasteiger partial charge >= 0.3 is 0 Å². The summed E-state index contributed by atoms with van der Waals surface area (Å²) in [5, 5.41) is 6.95. The molecule has 0 aliphatic carbocycles. The second kappa shape index (κ2) is 7.67. The smallest absolute Gasteiger partial charge is 0.235 e. The Labute approximate surface area is 185 Å². The summed E-state index contributed by atoms with van der Waals surface area (Å²) in [6.45, 7) is 2.53. The normalized spacial score (nSPS) is 27.7. The predicted octanol–water partition coefficient (Wildman–Crippen LogP) is 1.65. The van der Waals surface area contributed by atoms with Crippen LogP contribution < -0.4 is 19.7 Å². The number of nitrogens with one attached hydrogen (secondary N) is 1. The molecule has 0 unspecified atom stereocenters. The zero-order valence-electron chi connectivity index (χ0n) is 18.2. The lowest BCUT2D eigenvalue weighted by Crippen LogP contribution is -2.44. The summed E-state index contributed by atoms with van der Waals surface area (Å²) in [4.78, 5) is 27.9. The Morgan fingerprint density at radius 3 is 2.81 bits per heavy atom. The van der Waals surface area contributed by atoms with Gasteiger partial charge in [0.05, 0.1) is 38.7 Å². The zero-order valence-corrected chi connectivity index (χ0v) is 18.2. The molecule has 1 aromatic carbocycles. The third-order valence-electron chi connectivity index (χ3n) is 6.46. The van der Waals surface area contributed by atoms with Gasteiger partial charge in [0.1, 0.15) is 11.4 Å². The third kappa shape index (κ3) is 3.15. The number of rotatable bonds is 7. The maximum atomic E-state index is 13.2. The largest absolute Gasteiger partial charge is 0.493 e. The highest BCUT2D eigenvalue weighted by Gasteiger charge is 2.67. The van der Waals surface area contributed by atoms with E-state index in [2.05, 4.69) is 10.5 Å². The number of nitrogens with zero attached hydrogens (tertiary/aromatic N) is 2. The number of carbonyl (C=O) groups is 2. The van der Waals surface area contributed by atoms with Crippen LogP contribution in [0.5, 0.6) is 11.5 Å². The van der Waals surface area contributed by atoms with Crippen molar-refractivity contribution in [2.75, 3.05) is 32.2 Å². The fourth-order valence-electron chi connectivity index (χ4n) is 4.96. The van der Waals surface area contributed by atoms with E-state index < -0.39 is 23.5 Å². The first-order valence-electron chi connectivity index (χ1n) is 10.6. The molecule has 1 N–H and O–H groups in total. The molecule has 2 aromatic rings. The number of hydrogen-bond acceptors (Lipinski definition) is 7. The van der Waals surface area contributed by atoms with Crippen molar-refractivity contribution in [1.29, 1.82) is 0 Å². The van der Waals surface area contributed by atoms with Crippen LogP contribution in [-0.2, 0) is 20.7 Å². The quantitative estimate of drug-likeness (QED) is 0.655. The molecule has 0 saturated carbocycles. The van der Waals surface area contributed by atoms with Gasteiger partial charge in [-0.25, -0.2) is 0 Å². The summed E-state index contributed by atoms with van der Waals surface area (Å²) in [5.74, 6) is 0.875. The number of aryl methyl sites for hydroxylation is 1. The minimum absolute atomic E-state index is 0.162. The molecule has 168 valence electrons. The Balaban J connectivity index is 1.27. The number of hydrogen-bond donors (Lipinski definition) is 1. The van der Waals surface area contributed by atoms with Crippen LogP contribution in [-0.4, -0.2) is 56.0 Å². The molecular formula is C23H25N3O6. The Kier molecular flexibility index (Phi) is 4.93. The predicted molar refractivity (Wildman–Crippen MR) is 114 cm³/mol. The number of anilines is 1. The first-order chi connectivity index (χ1) is 15.5. The summed E-state index contributed by atoms with van der Waals surface area (Å²) >= 11 is 0. The van der Waals surface area contributed by atoms with Crippen LogP contribution >= 0.6 is 0 Å². The van der Waals surface area contributed by atoms with E-state index in [1.165, 1.54) is 0 Å². The Hall–Kier alpha value is -3.33. The minimum atomic E-state index is -0.792. The molecule has 2 fully saturated rings. The zero-order chi connectivity index (χ0) is 22.5. The van der Waals surface area contributed by atoms with Crippen LogP contribution in [0.3, 0.4) is 0 Å². The van der Waals surface area contributed by atoms with Crippen molar-refractivity contribution in [1.82, 2.24) is 10.5 Å². The third-order valence-corrected chi connectivity index (χ3v) is 6.46. The average Bonchev–Trinajstić information content (AvgIpc) is 3.54. The van der Waals surface area contributed by atoms with Crippen LogP contribution in [0.25, 0.3) is 0 Å². The average molecular weight is 439 g/mol. The lowest BCUT2D eigenvalue weighted by Gasteiger charge is -2.23. The molecule has 9 nitrogen and oxygen atoms in total. The molecule has 2 amide bonds. The highest BCUT2D eigenvalue weighted by Crippen LogP contribution is 2.52. The molecule has 1 spiro atoms. The molecule has 0 radical (unpaired) electrons. The SMILES string of the molecule is COc1ccc(CCNC(=O)[C@H]2[C@@H]3C=C[C@@]4(CN(c5cc(C)on5)C(=O)[C@@H]24)O3)cc1OC. The van der Waals surface area contributed by atoms with E-state index in [1.807, 2.05) is 30.4 Å². The fourth-order valence-corrected chi connectivity index (χ4v) is 4.96. The van der Waals surface area contributed by atoms with Crippen molar-refractivity contribution < 1.29 is 28.3 Å². The Bertz CT molecular complexity index is 1100. The molecule has 4 atom stereocenters. The molecule has 9 heteroatoms.